The van der Waals surface area contributed by atoms with Crippen LogP contribution >= 0.6 is 0 Å². The molecule has 2 aromatic rings. The van der Waals surface area contributed by atoms with E-state index in [0.29, 0.717) is 5.56 Å². The van der Waals surface area contributed by atoms with Gasteiger partial charge in [-0.3, -0.25) is 15.0 Å². The molecule has 0 aliphatic heterocycles. The summed E-state index contributed by atoms with van der Waals surface area (Å²) < 4.78 is 0. The molecule has 4 N–H and O–H groups in total. The second kappa shape index (κ2) is 8.66. The van der Waals surface area contributed by atoms with Crippen LogP contribution in [0.2, 0.25) is 0 Å². The Morgan fingerprint density at radius 2 is 1.50 bits per heavy atom. The minimum Gasteiger partial charge on any atom is -0.328 e. The van der Waals surface area contributed by atoms with E-state index >= 15 is 0 Å². The average Bonchev–Trinajstić information content (AvgIpc) is 2.61. The van der Waals surface area contributed by atoms with Gasteiger partial charge in [0.05, 0.1) is 6.54 Å². The molecule has 0 spiro atoms. The van der Waals surface area contributed by atoms with E-state index in [4.69, 9.17) is 0 Å². The van der Waals surface area contributed by atoms with Crippen molar-refractivity contribution in [3.63, 3.8) is 0 Å². The molecule has 0 bridgehead atoms. The maximum Gasteiger partial charge on any atom is 0.333 e. The van der Waals surface area contributed by atoms with E-state index < -0.39 is 11.9 Å². The number of aryl methyl sites for hydroxylation is 3. The van der Waals surface area contributed by atoms with E-state index in [1.54, 1.807) is 30.3 Å². The van der Waals surface area contributed by atoms with Crippen LogP contribution in [0.25, 0.3) is 0 Å². The van der Waals surface area contributed by atoms with Gasteiger partial charge in [-0.1, -0.05) is 35.9 Å². The molecule has 2 aromatic carbocycles. The predicted molar refractivity (Wildman–Crippen MR) is 99.7 cm³/mol. The zero-order valence-corrected chi connectivity index (χ0v) is 15.0. The first-order chi connectivity index (χ1) is 12.4. The van der Waals surface area contributed by atoms with Gasteiger partial charge in [0.2, 0.25) is 5.91 Å². The first kappa shape index (κ1) is 19.0. The lowest BCUT2D eigenvalue weighted by molar-refractivity contribution is -0.115. The summed E-state index contributed by atoms with van der Waals surface area (Å²) in [5, 5.41) is 5.17. The van der Waals surface area contributed by atoms with Crippen molar-refractivity contribution < 1.29 is 14.4 Å². The quantitative estimate of drug-likeness (QED) is 0.633. The molecular formula is C19H22N4O3. The van der Waals surface area contributed by atoms with Gasteiger partial charge in [0.15, 0.2) is 0 Å². The number of nitrogens with one attached hydrogen (secondary N) is 4. The molecule has 0 aliphatic rings. The summed E-state index contributed by atoms with van der Waals surface area (Å²) in [6.45, 7) is 5.59. The number of rotatable bonds is 4. The lowest BCUT2D eigenvalue weighted by atomic mass is 10.1. The van der Waals surface area contributed by atoms with Crippen LogP contribution in [-0.2, 0) is 4.79 Å². The van der Waals surface area contributed by atoms with Crippen LogP contribution in [0.4, 0.5) is 10.5 Å². The molecule has 0 radical (unpaired) electrons. The number of hydrazine groups is 1. The van der Waals surface area contributed by atoms with Gasteiger partial charge in [-0.05, 0) is 44.0 Å². The van der Waals surface area contributed by atoms with E-state index in [2.05, 4.69) is 21.5 Å². The first-order valence-corrected chi connectivity index (χ1v) is 8.13. The molecule has 0 saturated carbocycles. The summed E-state index contributed by atoms with van der Waals surface area (Å²) >= 11 is 0. The SMILES string of the molecule is Cc1cc(C)c(NC(=O)CNC(=O)NNC(=O)c2ccccc2)c(C)c1. The van der Waals surface area contributed by atoms with Crippen LogP contribution in [0.15, 0.2) is 42.5 Å². The predicted octanol–water partition coefficient (Wildman–Crippen LogP) is 2.19. The van der Waals surface area contributed by atoms with Gasteiger partial charge >= 0.3 is 6.03 Å². The Balaban J connectivity index is 1.79. The second-order valence-corrected chi connectivity index (χ2v) is 5.95. The average molecular weight is 354 g/mol. The largest absolute Gasteiger partial charge is 0.333 e. The van der Waals surface area contributed by atoms with Crippen LogP contribution in [0, 0.1) is 20.8 Å². The van der Waals surface area contributed by atoms with Crippen LogP contribution in [0.3, 0.4) is 0 Å². The lowest BCUT2D eigenvalue weighted by Gasteiger charge is -2.13. The Hall–Kier alpha value is -3.35. The van der Waals surface area contributed by atoms with Crippen molar-refractivity contribution in [2.45, 2.75) is 20.8 Å². The molecule has 7 heteroatoms. The van der Waals surface area contributed by atoms with Gasteiger partial charge in [-0.25, -0.2) is 10.2 Å². The minimum atomic E-state index is -0.679. The highest BCUT2D eigenvalue weighted by Gasteiger charge is 2.10. The summed E-state index contributed by atoms with van der Waals surface area (Å²) in [5.74, 6) is -0.805. The van der Waals surface area contributed by atoms with Gasteiger partial charge in [0.1, 0.15) is 0 Å². The van der Waals surface area contributed by atoms with Gasteiger partial charge in [-0.2, -0.15) is 0 Å². The third-order valence-corrected chi connectivity index (χ3v) is 3.68. The summed E-state index contributed by atoms with van der Waals surface area (Å²) in [7, 11) is 0. The summed E-state index contributed by atoms with van der Waals surface area (Å²) in [6.07, 6.45) is 0. The number of carbonyl (C=O) groups is 3. The highest BCUT2D eigenvalue weighted by Crippen LogP contribution is 2.21. The Morgan fingerprint density at radius 1 is 0.885 bits per heavy atom. The first-order valence-electron chi connectivity index (χ1n) is 8.13. The standard InChI is InChI=1S/C19H22N4O3/c1-12-9-13(2)17(14(3)10-12)21-16(24)11-20-19(26)23-22-18(25)15-7-5-4-6-8-15/h4-10H,11H2,1-3H3,(H,21,24)(H,22,25)(H2,20,23,26). The molecule has 0 atom stereocenters. The number of urea groups is 1. The maximum atomic E-state index is 12.0. The highest BCUT2D eigenvalue weighted by atomic mass is 16.2. The molecule has 2 rings (SSSR count). The second-order valence-electron chi connectivity index (χ2n) is 5.95. The highest BCUT2D eigenvalue weighted by molar-refractivity contribution is 5.97. The van der Waals surface area contributed by atoms with Crippen molar-refractivity contribution in [2.24, 2.45) is 0 Å². The molecular weight excluding hydrogens is 332 g/mol. The molecule has 0 heterocycles. The maximum absolute atomic E-state index is 12.0. The zero-order chi connectivity index (χ0) is 19.1. The van der Waals surface area contributed by atoms with Crippen molar-refractivity contribution in [3.8, 4) is 0 Å². The number of hydrogen-bond donors (Lipinski definition) is 4. The van der Waals surface area contributed by atoms with Gasteiger partial charge in [0.25, 0.3) is 5.91 Å². The Morgan fingerprint density at radius 3 is 2.12 bits per heavy atom. The molecule has 0 aromatic heterocycles. The zero-order valence-electron chi connectivity index (χ0n) is 15.0. The normalized spacial score (nSPS) is 9.96. The van der Waals surface area contributed by atoms with Crippen molar-refractivity contribution in [2.75, 3.05) is 11.9 Å². The number of anilines is 1. The van der Waals surface area contributed by atoms with Crippen molar-refractivity contribution in [1.29, 1.82) is 0 Å². The Labute approximate surface area is 152 Å². The van der Waals surface area contributed by atoms with Crippen molar-refractivity contribution in [3.05, 3.63) is 64.7 Å². The van der Waals surface area contributed by atoms with Crippen LogP contribution in [0.1, 0.15) is 27.0 Å². The van der Waals surface area contributed by atoms with E-state index in [1.807, 2.05) is 32.9 Å². The summed E-state index contributed by atoms with van der Waals surface area (Å²) in [4.78, 5) is 35.5. The molecule has 26 heavy (non-hydrogen) atoms. The monoisotopic (exact) mass is 354 g/mol. The van der Waals surface area contributed by atoms with Gasteiger partial charge < -0.3 is 10.6 Å². The Bertz CT molecular complexity index is 796. The molecule has 0 saturated heterocycles. The van der Waals surface area contributed by atoms with E-state index in [-0.39, 0.29) is 12.5 Å². The number of benzene rings is 2. The van der Waals surface area contributed by atoms with E-state index in [0.717, 1.165) is 22.4 Å². The molecule has 136 valence electrons. The number of carbonyl (C=O) groups excluding carboxylic acids is 3. The molecule has 0 fully saturated rings. The molecule has 0 aliphatic carbocycles. The fraction of sp³-hybridized carbons (Fsp3) is 0.211. The third kappa shape index (κ3) is 5.34. The van der Waals surface area contributed by atoms with Crippen molar-refractivity contribution >= 4 is 23.5 Å². The molecule has 7 nitrogen and oxygen atoms in total. The van der Waals surface area contributed by atoms with E-state index in [1.165, 1.54) is 0 Å². The third-order valence-electron chi connectivity index (χ3n) is 3.68. The van der Waals surface area contributed by atoms with Gasteiger partial charge in [-0.15, -0.1) is 0 Å². The smallest absolute Gasteiger partial charge is 0.328 e. The summed E-state index contributed by atoms with van der Waals surface area (Å²) in [5.41, 5.74) is 8.64. The van der Waals surface area contributed by atoms with Crippen molar-refractivity contribution in [1.82, 2.24) is 16.2 Å². The van der Waals surface area contributed by atoms with Crippen LogP contribution in [-0.4, -0.2) is 24.4 Å². The lowest BCUT2D eigenvalue weighted by Crippen LogP contribution is -2.48. The van der Waals surface area contributed by atoms with Crippen LogP contribution < -0.4 is 21.5 Å². The molecule has 0 unspecified atom stereocenters. The van der Waals surface area contributed by atoms with Crippen LogP contribution in [0.5, 0.6) is 0 Å². The number of amides is 4. The fourth-order valence-corrected chi connectivity index (χ4v) is 2.54. The molecule has 4 amide bonds. The Kier molecular flexibility index (Phi) is 6.32. The minimum absolute atomic E-state index is 0.222. The summed E-state index contributed by atoms with van der Waals surface area (Å²) in [6, 6.07) is 11.7. The number of hydrogen-bond acceptors (Lipinski definition) is 3. The van der Waals surface area contributed by atoms with E-state index in [9.17, 15) is 14.4 Å². The fourth-order valence-electron chi connectivity index (χ4n) is 2.54. The van der Waals surface area contributed by atoms with Gasteiger partial charge in [0, 0.05) is 11.3 Å². The topological polar surface area (TPSA) is 99.3 Å².